The van der Waals surface area contributed by atoms with Crippen LogP contribution in [0.5, 0.6) is 0 Å². The summed E-state index contributed by atoms with van der Waals surface area (Å²) in [7, 11) is 0. The zero-order chi connectivity index (χ0) is 13.8. The van der Waals surface area contributed by atoms with Crippen molar-refractivity contribution < 1.29 is 9.59 Å². The second-order valence-electron chi connectivity index (χ2n) is 4.38. The minimum atomic E-state index is -0.0595. The molecule has 0 atom stereocenters. The number of halogens is 2. The maximum atomic E-state index is 12.2. The first-order valence-electron chi connectivity index (χ1n) is 6.14. The first-order valence-corrected chi connectivity index (χ1v) is 6.94. The highest BCUT2D eigenvalue weighted by Gasteiger charge is 2.23. The van der Waals surface area contributed by atoms with Gasteiger partial charge >= 0.3 is 0 Å². The molecule has 1 fully saturated rings. The van der Waals surface area contributed by atoms with Gasteiger partial charge in [0.15, 0.2) is 0 Å². The Hall–Kier alpha value is -1.11. The van der Waals surface area contributed by atoms with Crippen molar-refractivity contribution in [3.8, 4) is 0 Å². The molecule has 1 aromatic carbocycles. The van der Waals surface area contributed by atoms with E-state index in [1.807, 2.05) is 12.1 Å². The Morgan fingerprint density at radius 1 is 1.05 bits per heavy atom. The van der Waals surface area contributed by atoms with Crippen molar-refractivity contribution in [3.63, 3.8) is 0 Å². The van der Waals surface area contributed by atoms with Crippen molar-refractivity contribution in [1.82, 2.24) is 9.80 Å². The summed E-state index contributed by atoms with van der Waals surface area (Å²) in [6, 6.07) is 7.29. The van der Waals surface area contributed by atoms with Crippen molar-refractivity contribution >= 4 is 40.2 Å². The molecule has 1 aromatic rings. The van der Waals surface area contributed by atoms with Gasteiger partial charge in [-0.2, -0.15) is 0 Å². The van der Waals surface area contributed by atoms with E-state index in [0.717, 1.165) is 4.47 Å². The van der Waals surface area contributed by atoms with E-state index in [-0.39, 0.29) is 30.8 Å². The zero-order valence-electron chi connectivity index (χ0n) is 10.9. The molecule has 110 valence electrons. The van der Waals surface area contributed by atoms with Gasteiger partial charge < -0.3 is 15.5 Å². The van der Waals surface area contributed by atoms with Crippen molar-refractivity contribution in [1.29, 1.82) is 0 Å². The van der Waals surface area contributed by atoms with Crippen LogP contribution in [0.1, 0.15) is 10.4 Å². The molecule has 2 rings (SSSR count). The number of amides is 2. The summed E-state index contributed by atoms with van der Waals surface area (Å²) in [6.07, 6.45) is 0. The molecule has 2 N–H and O–H groups in total. The van der Waals surface area contributed by atoms with E-state index in [1.54, 1.807) is 21.9 Å². The Balaban J connectivity index is 0.00000200. The van der Waals surface area contributed by atoms with Crippen LogP contribution in [0.3, 0.4) is 0 Å². The Morgan fingerprint density at radius 2 is 1.55 bits per heavy atom. The predicted octanol–water partition coefficient (Wildman–Crippen LogP) is 1.11. The first kappa shape index (κ1) is 16.9. The summed E-state index contributed by atoms with van der Waals surface area (Å²) in [6.45, 7) is 2.25. The fraction of sp³-hybridized carbons (Fsp3) is 0.385. The van der Waals surface area contributed by atoms with Gasteiger partial charge in [0.1, 0.15) is 0 Å². The smallest absolute Gasteiger partial charge is 0.253 e. The van der Waals surface area contributed by atoms with E-state index in [2.05, 4.69) is 15.9 Å². The largest absolute Gasteiger partial charge is 0.338 e. The topological polar surface area (TPSA) is 66.6 Å². The number of nitrogens with two attached hydrogens (primary N) is 1. The number of carbonyl (C=O) groups is 2. The fourth-order valence-electron chi connectivity index (χ4n) is 2.06. The van der Waals surface area contributed by atoms with E-state index in [9.17, 15) is 9.59 Å². The third-order valence-corrected chi connectivity index (χ3v) is 3.71. The number of hydrogen-bond acceptors (Lipinski definition) is 3. The lowest BCUT2D eigenvalue weighted by Gasteiger charge is -2.34. The zero-order valence-corrected chi connectivity index (χ0v) is 13.3. The predicted molar refractivity (Wildman–Crippen MR) is 82.9 cm³/mol. The molecule has 7 heteroatoms. The standard InChI is InChI=1S/C13H16BrN3O2.ClH/c14-11-3-1-10(2-4-11)13(19)17-7-5-16(6-8-17)12(18)9-15;/h1-4H,5-9,15H2;1H. The van der Waals surface area contributed by atoms with Crippen molar-refractivity contribution in [2.45, 2.75) is 0 Å². The molecular formula is C13H17BrClN3O2. The molecule has 0 radical (unpaired) electrons. The maximum Gasteiger partial charge on any atom is 0.253 e. The summed E-state index contributed by atoms with van der Waals surface area (Å²) >= 11 is 3.34. The van der Waals surface area contributed by atoms with Gasteiger partial charge in [0.05, 0.1) is 6.54 Å². The second kappa shape index (κ2) is 7.61. The van der Waals surface area contributed by atoms with Gasteiger partial charge in [-0.3, -0.25) is 9.59 Å². The van der Waals surface area contributed by atoms with E-state index < -0.39 is 0 Å². The molecule has 20 heavy (non-hydrogen) atoms. The van der Waals surface area contributed by atoms with Gasteiger partial charge in [-0.15, -0.1) is 12.4 Å². The lowest BCUT2D eigenvalue weighted by Crippen LogP contribution is -2.51. The van der Waals surface area contributed by atoms with Crippen LogP contribution in [0.2, 0.25) is 0 Å². The molecule has 1 aliphatic heterocycles. The summed E-state index contributed by atoms with van der Waals surface area (Å²) < 4.78 is 0.947. The number of rotatable bonds is 2. The Bertz CT molecular complexity index is 473. The molecule has 0 aliphatic carbocycles. The average Bonchev–Trinajstić information content (AvgIpc) is 2.46. The highest BCUT2D eigenvalue weighted by Crippen LogP contribution is 2.13. The normalized spacial score (nSPS) is 14.7. The molecule has 2 amide bonds. The monoisotopic (exact) mass is 361 g/mol. The quantitative estimate of drug-likeness (QED) is 0.857. The van der Waals surface area contributed by atoms with Crippen LogP contribution < -0.4 is 5.73 Å². The summed E-state index contributed by atoms with van der Waals surface area (Å²) in [5, 5.41) is 0. The van der Waals surface area contributed by atoms with Gasteiger partial charge in [-0.25, -0.2) is 0 Å². The average molecular weight is 363 g/mol. The van der Waals surface area contributed by atoms with Crippen LogP contribution in [-0.2, 0) is 4.79 Å². The van der Waals surface area contributed by atoms with E-state index >= 15 is 0 Å². The van der Waals surface area contributed by atoms with Crippen LogP contribution in [-0.4, -0.2) is 54.3 Å². The van der Waals surface area contributed by atoms with Crippen molar-refractivity contribution in [3.05, 3.63) is 34.3 Å². The van der Waals surface area contributed by atoms with Crippen molar-refractivity contribution in [2.24, 2.45) is 5.73 Å². The molecule has 1 heterocycles. The minimum absolute atomic E-state index is 0. The van der Waals surface area contributed by atoms with Gasteiger partial charge in [-0.05, 0) is 24.3 Å². The van der Waals surface area contributed by atoms with Gasteiger partial charge in [0.2, 0.25) is 5.91 Å². The van der Waals surface area contributed by atoms with Crippen LogP contribution in [0.15, 0.2) is 28.7 Å². The highest BCUT2D eigenvalue weighted by atomic mass is 79.9. The van der Waals surface area contributed by atoms with Crippen LogP contribution in [0.25, 0.3) is 0 Å². The van der Waals surface area contributed by atoms with E-state index in [0.29, 0.717) is 31.7 Å². The number of piperazine rings is 1. The Morgan fingerprint density at radius 3 is 2.05 bits per heavy atom. The van der Waals surface area contributed by atoms with Gasteiger partial charge in [0.25, 0.3) is 5.91 Å². The molecule has 0 aromatic heterocycles. The lowest BCUT2D eigenvalue weighted by atomic mass is 10.2. The second-order valence-corrected chi connectivity index (χ2v) is 5.30. The highest BCUT2D eigenvalue weighted by molar-refractivity contribution is 9.10. The van der Waals surface area contributed by atoms with Crippen molar-refractivity contribution in [2.75, 3.05) is 32.7 Å². The minimum Gasteiger partial charge on any atom is -0.338 e. The molecule has 5 nitrogen and oxygen atoms in total. The molecular weight excluding hydrogens is 346 g/mol. The molecule has 1 saturated heterocycles. The Labute approximate surface area is 132 Å². The number of carbonyl (C=O) groups excluding carboxylic acids is 2. The fourth-order valence-corrected chi connectivity index (χ4v) is 2.33. The van der Waals surface area contributed by atoms with Gasteiger partial charge in [0, 0.05) is 36.2 Å². The van der Waals surface area contributed by atoms with E-state index in [1.165, 1.54) is 0 Å². The SMILES string of the molecule is Cl.NCC(=O)N1CCN(C(=O)c2ccc(Br)cc2)CC1. The van der Waals surface area contributed by atoms with Gasteiger partial charge in [-0.1, -0.05) is 15.9 Å². The summed E-state index contributed by atoms with van der Waals surface area (Å²) in [4.78, 5) is 27.1. The first-order chi connectivity index (χ1) is 9.11. The molecule has 0 spiro atoms. The molecule has 0 unspecified atom stereocenters. The lowest BCUT2D eigenvalue weighted by molar-refractivity contribution is -0.131. The molecule has 0 bridgehead atoms. The third-order valence-electron chi connectivity index (χ3n) is 3.19. The number of hydrogen-bond donors (Lipinski definition) is 1. The summed E-state index contributed by atoms with van der Waals surface area (Å²) in [5.41, 5.74) is 5.99. The van der Waals surface area contributed by atoms with Crippen LogP contribution in [0, 0.1) is 0 Å². The number of benzene rings is 1. The van der Waals surface area contributed by atoms with Crippen LogP contribution in [0.4, 0.5) is 0 Å². The maximum absolute atomic E-state index is 12.2. The van der Waals surface area contributed by atoms with Crippen LogP contribution >= 0.6 is 28.3 Å². The summed E-state index contributed by atoms with van der Waals surface area (Å²) in [5.74, 6) is -0.0527. The molecule has 1 aliphatic rings. The Kier molecular flexibility index (Phi) is 6.45. The third kappa shape index (κ3) is 3.94. The van der Waals surface area contributed by atoms with E-state index in [4.69, 9.17) is 5.73 Å². The molecule has 0 saturated carbocycles. The number of nitrogens with zero attached hydrogens (tertiary/aromatic N) is 2.